The van der Waals surface area contributed by atoms with Gasteiger partial charge >= 0.3 is 0 Å². The number of fused-ring (bicyclic) bond motifs is 1. The van der Waals surface area contributed by atoms with Crippen LogP contribution < -0.4 is 19.3 Å². The summed E-state index contributed by atoms with van der Waals surface area (Å²) < 4.78 is 10.6. The molecule has 0 spiro atoms. The second kappa shape index (κ2) is 7.29. The Morgan fingerprint density at radius 3 is 1.36 bits per heavy atom. The Morgan fingerprint density at radius 1 is 0.583 bits per heavy atom. The van der Waals surface area contributed by atoms with Crippen LogP contribution in [0.4, 0.5) is 11.4 Å². The molecule has 8 heteroatoms. The summed E-state index contributed by atoms with van der Waals surface area (Å²) in [5.41, 5.74) is 0.981. The molecule has 2 aromatic carbocycles. The number of carbonyl (C=O) groups is 4. The van der Waals surface area contributed by atoms with Gasteiger partial charge in [-0.15, -0.1) is 0 Å². The van der Waals surface area contributed by atoms with Crippen molar-refractivity contribution in [3.8, 4) is 11.5 Å². The summed E-state index contributed by atoms with van der Waals surface area (Å²) in [7, 11) is 3.08. The molecule has 6 aliphatic rings. The molecule has 4 aliphatic carbocycles. The van der Waals surface area contributed by atoms with Gasteiger partial charge in [-0.2, -0.15) is 0 Å². The average Bonchev–Trinajstić information content (AvgIpc) is 3.27. The third-order valence-electron chi connectivity index (χ3n) is 8.97. The van der Waals surface area contributed by atoms with E-state index in [9.17, 15) is 19.2 Å². The maximum Gasteiger partial charge on any atom is 0.238 e. The number of carbonyl (C=O) groups excluding carboxylic acids is 4. The van der Waals surface area contributed by atoms with E-state index in [4.69, 9.17) is 9.47 Å². The lowest BCUT2D eigenvalue weighted by molar-refractivity contribution is -0.166. The Balaban J connectivity index is 1.24. The smallest absolute Gasteiger partial charge is 0.238 e. The molecule has 2 saturated carbocycles. The van der Waals surface area contributed by atoms with Gasteiger partial charge in [0.25, 0.3) is 0 Å². The molecule has 4 amide bonds. The number of hydrogen-bond donors (Lipinski definition) is 0. The summed E-state index contributed by atoms with van der Waals surface area (Å²) in [5.74, 6) is -2.52. The van der Waals surface area contributed by atoms with Crippen molar-refractivity contribution in [1.29, 1.82) is 0 Å². The van der Waals surface area contributed by atoms with E-state index in [0.717, 1.165) is 0 Å². The minimum Gasteiger partial charge on any atom is -0.497 e. The van der Waals surface area contributed by atoms with Gasteiger partial charge < -0.3 is 9.47 Å². The number of ether oxygens (including phenoxy) is 2. The molecule has 2 bridgehead atoms. The highest BCUT2D eigenvalue weighted by Crippen LogP contribution is 2.68. The first kappa shape index (κ1) is 21.4. The number of allylic oxidation sites excluding steroid dienone is 2. The summed E-state index contributed by atoms with van der Waals surface area (Å²) in [6.07, 6.45) is 4.02. The first-order valence-electron chi connectivity index (χ1n) is 12.2. The van der Waals surface area contributed by atoms with Crippen LogP contribution >= 0.6 is 0 Å². The van der Waals surface area contributed by atoms with Gasteiger partial charge in [0, 0.05) is 12.1 Å². The van der Waals surface area contributed by atoms with Gasteiger partial charge in [-0.25, -0.2) is 9.80 Å². The number of nitrogens with zero attached hydrogens (tertiary/aromatic N) is 2. The fourth-order valence-electron chi connectivity index (χ4n) is 7.61. The molecule has 0 unspecified atom stereocenters. The van der Waals surface area contributed by atoms with Crippen LogP contribution in [0, 0.1) is 47.3 Å². The molecule has 182 valence electrons. The monoisotopic (exact) mass is 484 g/mol. The average molecular weight is 485 g/mol. The zero-order valence-electron chi connectivity index (χ0n) is 19.7. The van der Waals surface area contributed by atoms with Gasteiger partial charge in [-0.05, 0) is 47.9 Å². The van der Waals surface area contributed by atoms with Gasteiger partial charge in [0.1, 0.15) is 11.5 Å². The number of amides is 4. The molecule has 4 fully saturated rings. The van der Waals surface area contributed by atoms with E-state index in [1.54, 1.807) is 48.5 Å². The van der Waals surface area contributed by atoms with Gasteiger partial charge in [-0.1, -0.05) is 24.3 Å². The van der Waals surface area contributed by atoms with Gasteiger partial charge in [0.05, 0.1) is 49.3 Å². The molecular formula is C28H24N2O6. The predicted molar refractivity (Wildman–Crippen MR) is 128 cm³/mol. The lowest BCUT2D eigenvalue weighted by Crippen LogP contribution is -2.63. The second-order valence-electron chi connectivity index (χ2n) is 10.2. The standard InChI is InChI=1S/C28H24N2O6/c1-35-15-7-3-5-13(11-15)29-25(31)21-17-9-10-18(22(21)26(29)32)20-19(17)23-24(20)28(34)30(27(23)33)14-6-4-8-16(12-14)36-2/h3-12,17-24H,1-2H3/t17-,18-,19-,20-,21-,22+,23-,24-/m0/s1. The van der Waals surface area contributed by atoms with Gasteiger partial charge in [0.2, 0.25) is 23.6 Å². The van der Waals surface area contributed by atoms with Crippen molar-refractivity contribution < 1.29 is 28.7 Å². The zero-order chi connectivity index (χ0) is 24.9. The number of methoxy groups -OCH3 is 2. The maximum absolute atomic E-state index is 13.7. The van der Waals surface area contributed by atoms with Crippen LogP contribution in [0.3, 0.4) is 0 Å². The predicted octanol–water partition coefficient (Wildman–Crippen LogP) is 2.68. The number of rotatable bonds is 4. The van der Waals surface area contributed by atoms with E-state index in [2.05, 4.69) is 0 Å². The second-order valence-corrected chi connectivity index (χ2v) is 10.2. The summed E-state index contributed by atoms with van der Waals surface area (Å²) in [5, 5.41) is 0. The van der Waals surface area contributed by atoms with E-state index in [-0.39, 0.29) is 47.3 Å². The number of imide groups is 2. The minimum atomic E-state index is -0.519. The quantitative estimate of drug-likeness (QED) is 0.489. The van der Waals surface area contributed by atoms with E-state index in [0.29, 0.717) is 22.9 Å². The number of hydrogen-bond acceptors (Lipinski definition) is 6. The lowest BCUT2D eigenvalue weighted by Gasteiger charge is -2.60. The molecule has 8 atom stereocenters. The lowest BCUT2D eigenvalue weighted by atomic mass is 9.40. The van der Waals surface area contributed by atoms with E-state index < -0.39 is 23.7 Å². The highest BCUT2D eigenvalue weighted by molar-refractivity contribution is 6.25. The normalized spacial score (nSPS) is 35.5. The molecule has 2 heterocycles. The molecule has 2 aromatic rings. The SMILES string of the molecule is COc1cccc(N2C(=O)[C@@H]3[C@@H](C2=O)[C@H]2[C@@H]4C=C[C@H]([C@H]5C(=O)N(c6cccc(OC)c6)C(=O)[C@@H]45)[C@H]32)c1. The van der Waals surface area contributed by atoms with Crippen molar-refractivity contribution in [3.05, 3.63) is 60.7 Å². The largest absolute Gasteiger partial charge is 0.497 e. The molecular weight excluding hydrogens is 460 g/mol. The summed E-state index contributed by atoms with van der Waals surface area (Å²) in [6, 6.07) is 13.9. The molecule has 8 rings (SSSR count). The van der Waals surface area contributed by atoms with Crippen molar-refractivity contribution >= 4 is 35.0 Å². The molecule has 0 radical (unpaired) electrons. The van der Waals surface area contributed by atoms with Crippen molar-refractivity contribution in [2.45, 2.75) is 0 Å². The van der Waals surface area contributed by atoms with Crippen LogP contribution in [-0.4, -0.2) is 37.8 Å². The molecule has 36 heavy (non-hydrogen) atoms. The van der Waals surface area contributed by atoms with E-state index in [1.807, 2.05) is 12.2 Å². The first-order valence-corrected chi connectivity index (χ1v) is 12.2. The zero-order valence-corrected chi connectivity index (χ0v) is 19.7. The van der Waals surface area contributed by atoms with E-state index in [1.165, 1.54) is 24.0 Å². The number of anilines is 2. The summed E-state index contributed by atoms with van der Waals surface area (Å²) in [4.78, 5) is 57.0. The molecule has 2 aliphatic heterocycles. The van der Waals surface area contributed by atoms with Gasteiger partial charge in [-0.3, -0.25) is 19.2 Å². The van der Waals surface area contributed by atoms with Crippen LogP contribution in [-0.2, 0) is 19.2 Å². The molecule has 8 nitrogen and oxygen atoms in total. The van der Waals surface area contributed by atoms with Crippen LogP contribution in [0.15, 0.2) is 60.7 Å². The first-order chi connectivity index (χ1) is 17.5. The molecule has 0 aromatic heterocycles. The van der Waals surface area contributed by atoms with Crippen LogP contribution in [0.1, 0.15) is 0 Å². The van der Waals surface area contributed by atoms with E-state index >= 15 is 0 Å². The molecule has 0 N–H and O–H groups in total. The topological polar surface area (TPSA) is 93.2 Å². The van der Waals surface area contributed by atoms with Crippen LogP contribution in [0.25, 0.3) is 0 Å². The third-order valence-corrected chi connectivity index (χ3v) is 8.97. The summed E-state index contributed by atoms with van der Waals surface area (Å²) in [6.45, 7) is 0. The molecule has 2 saturated heterocycles. The van der Waals surface area contributed by atoms with Crippen molar-refractivity contribution in [2.75, 3.05) is 24.0 Å². The number of benzene rings is 2. The third kappa shape index (κ3) is 2.49. The Kier molecular flexibility index (Phi) is 4.32. The van der Waals surface area contributed by atoms with Gasteiger partial charge in [0.15, 0.2) is 0 Å². The Labute approximate surface area is 207 Å². The fraction of sp³-hybridized carbons (Fsp3) is 0.357. The van der Waals surface area contributed by atoms with Crippen molar-refractivity contribution in [3.63, 3.8) is 0 Å². The van der Waals surface area contributed by atoms with Crippen molar-refractivity contribution in [1.82, 2.24) is 0 Å². The minimum absolute atomic E-state index is 0.125. The fourth-order valence-corrected chi connectivity index (χ4v) is 7.61. The highest BCUT2D eigenvalue weighted by Gasteiger charge is 2.75. The Bertz CT molecular complexity index is 1330. The Morgan fingerprint density at radius 2 is 0.972 bits per heavy atom. The summed E-state index contributed by atoms with van der Waals surface area (Å²) >= 11 is 0. The maximum atomic E-state index is 13.7. The van der Waals surface area contributed by atoms with Crippen LogP contribution in [0.5, 0.6) is 11.5 Å². The Hall–Kier alpha value is -3.94. The highest BCUT2D eigenvalue weighted by atomic mass is 16.5. The van der Waals surface area contributed by atoms with Crippen molar-refractivity contribution in [2.24, 2.45) is 47.3 Å². The van der Waals surface area contributed by atoms with Crippen LogP contribution in [0.2, 0.25) is 0 Å².